The van der Waals surface area contributed by atoms with Crippen molar-refractivity contribution in [2.75, 3.05) is 26.2 Å². The molecule has 7 nitrogen and oxygen atoms in total. The standard InChI is InChI=1S/C21H31N7S2/c1-16(23-25-20(29)27-12-5-3-6-13-27)18-10-9-11-19(22-18)17(2)24-26-21(30)28-14-7-4-8-15-28/h9-11H,3-8,12-15H2,1-2H3,(H,25,29)(H,26,30)/b23-16-,24-17-. The molecule has 0 unspecified atom stereocenters. The Hall–Kier alpha value is -2.13. The van der Waals surface area contributed by atoms with E-state index in [-0.39, 0.29) is 0 Å². The molecule has 0 spiro atoms. The van der Waals surface area contributed by atoms with Crippen LogP contribution >= 0.6 is 24.4 Å². The third-order valence-electron chi connectivity index (χ3n) is 5.42. The quantitative estimate of drug-likeness (QED) is 0.419. The molecule has 0 atom stereocenters. The average Bonchev–Trinajstić information content (AvgIpc) is 2.81. The predicted molar refractivity (Wildman–Crippen MR) is 131 cm³/mol. The van der Waals surface area contributed by atoms with E-state index in [1.807, 2.05) is 32.0 Å². The summed E-state index contributed by atoms with van der Waals surface area (Å²) in [5.74, 6) is 0. The first-order chi connectivity index (χ1) is 14.5. The van der Waals surface area contributed by atoms with Gasteiger partial charge in [0.05, 0.1) is 22.8 Å². The van der Waals surface area contributed by atoms with Gasteiger partial charge in [0.2, 0.25) is 0 Å². The van der Waals surface area contributed by atoms with Crippen molar-refractivity contribution < 1.29 is 0 Å². The number of hydrazone groups is 2. The summed E-state index contributed by atoms with van der Waals surface area (Å²) < 4.78 is 0. The predicted octanol–water partition coefficient (Wildman–Crippen LogP) is 3.25. The number of hydrogen-bond donors (Lipinski definition) is 2. The van der Waals surface area contributed by atoms with E-state index in [2.05, 4.69) is 30.9 Å². The molecule has 0 bridgehead atoms. The molecule has 0 aromatic carbocycles. The Morgan fingerprint density at radius 2 is 1.17 bits per heavy atom. The highest BCUT2D eigenvalue weighted by molar-refractivity contribution is 7.80. The third-order valence-corrected chi connectivity index (χ3v) is 6.11. The van der Waals surface area contributed by atoms with Gasteiger partial charge in [0.15, 0.2) is 10.2 Å². The van der Waals surface area contributed by atoms with Crippen LogP contribution in [-0.2, 0) is 0 Å². The van der Waals surface area contributed by atoms with Gasteiger partial charge >= 0.3 is 0 Å². The molecular weight excluding hydrogens is 414 g/mol. The summed E-state index contributed by atoms with van der Waals surface area (Å²) in [7, 11) is 0. The SMILES string of the molecule is C/C(=N/NC(=S)N1CCCCC1)c1cccc(/C(C)=N\NC(=S)N2CCCCC2)n1. The maximum Gasteiger partial charge on any atom is 0.189 e. The zero-order valence-corrected chi connectivity index (χ0v) is 19.5. The Morgan fingerprint density at radius 3 is 1.57 bits per heavy atom. The minimum absolute atomic E-state index is 0.679. The summed E-state index contributed by atoms with van der Waals surface area (Å²) in [5, 5.41) is 10.2. The highest BCUT2D eigenvalue weighted by Gasteiger charge is 2.14. The molecule has 0 aliphatic carbocycles. The number of nitrogens with zero attached hydrogens (tertiary/aromatic N) is 5. The first-order valence-corrected chi connectivity index (χ1v) is 11.5. The minimum Gasteiger partial charge on any atom is -0.348 e. The number of pyridine rings is 1. The molecule has 3 heterocycles. The van der Waals surface area contributed by atoms with Gasteiger partial charge in [-0.2, -0.15) is 10.2 Å². The van der Waals surface area contributed by atoms with Crippen LogP contribution in [0.4, 0.5) is 0 Å². The molecule has 2 saturated heterocycles. The van der Waals surface area contributed by atoms with E-state index in [1.54, 1.807) is 0 Å². The van der Waals surface area contributed by atoms with Crippen LogP contribution in [-0.4, -0.2) is 62.6 Å². The minimum atomic E-state index is 0.679. The summed E-state index contributed by atoms with van der Waals surface area (Å²) in [6, 6.07) is 5.83. The molecular formula is C21H31N7S2. The molecule has 1 aromatic rings. The van der Waals surface area contributed by atoms with Gasteiger partial charge in [-0.1, -0.05) is 6.07 Å². The van der Waals surface area contributed by atoms with Crippen LogP contribution in [0.3, 0.4) is 0 Å². The fourth-order valence-electron chi connectivity index (χ4n) is 3.55. The molecule has 3 rings (SSSR count). The number of aromatic nitrogens is 1. The van der Waals surface area contributed by atoms with E-state index in [1.165, 1.54) is 38.5 Å². The van der Waals surface area contributed by atoms with Gasteiger partial charge < -0.3 is 9.80 Å². The molecule has 162 valence electrons. The van der Waals surface area contributed by atoms with Gasteiger partial charge in [0.25, 0.3) is 0 Å². The number of thiocarbonyl (C=S) groups is 2. The summed E-state index contributed by atoms with van der Waals surface area (Å²) in [5.41, 5.74) is 9.16. The first kappa shape index (κ1) is 22.6. The third kappa shape index (κ3) is 6.43. The van der Waals surface area contributed by atoms with Gasteiger partial charge in [0, 0.05) is 26.2 Å². The van der Waals surface area contributed by atoms with Crippen molar-refractivity contribution >= 4 is 46.1 Å². The lowest BCUT2D eigenvalue weighted by Gasteiger charge is -2.28. The number of hydrogen-bond acceptors (Lipinski definition) is 5. The van der Waals surface area contributed by atoms with Crippen LogP contribution in [0.1, 0.15) is 63.8 Å². The summed E-state index contributed by atoms with van der Waals surface area (Å²) in [6.07, 6.45) is 7.28. The second-order valence-corrected chi connectivity index (χ2v) is 8.51. The second-order valence-electron chi connectivity index (χ2n) is 7.73. The highest BCUT2D eigenvalue weighted by Crippen LogP contribution is 2.10. The summed E-state index contributed by atoms with van der Waals surface area (Å²) >= 11 is 10.9. The van der Waals surface area contributed by atoms with Crippen LogP contribution in [0.2, 0.25) is 0 Å². The number of nitrogens with one attached hydrogen (secondary N) is 2. The monoisotopic (exact) mass is 445 g/mol. The second kappa shape index (κ2) is 11.3. The first-order valence-electron chi connectivity index (χ1n) is 10.7. The Labute approximate surface area is 190 Å². The summed E-state index contributed by atoms with van der Waals surface area (Å²) in [6.45, 7) is 7.83. The van der Waals surface area contributed by atoms with Gasteiger partial charge in [-0.25, -0.2) is 4.98 Å². The van der Waals surface area contributed by atoms with Crippen molar-refractivity contribution in [1.29, 1.82) is 0 Å². The van der Waals surface area contributed by atoms with E-state index in [4.69, 9.17) is 29.4 Å². The Bertz CT molecular complexity index is 746. The number of rotatable bonds is 4. The van der Waals surface area contributed by atoms with Crippen molar-refractivity contribution in [1.82, 2.24) is 25.6 Å². The normalized spacial score (nSPS) is 18.2. The van der Waals surface area contributed by atoms with Crippen LogP contribution in [0.15, 0.2) is 28.4 Å². The average molecular weight is 446 g/mol. The summed E-state index contributed by atoms with van der Waals surface area (Å²) in [4.78, 5) is 9.05. The lowest BCUT2D eigenvalue weighted by Crippen LogP contribution is -2.41. The molecule has 2 aliphatic rings. The van der Waals surface area contributed by atoms with Gasteiger partial charge in [0.1, 0.15) is 0 Å². The molecule has 9 heteroatoms. The highest BCUT2D eigenvalue weighted by atomic mass is 32.1. The van der Waals surface area contributed by atoms with E-state index in [0.29, 0.717) is 10.2 Å². The maximum absolute atomic E-state index is 5.47. The van der Waals surface area contributed by atoms with Crippen molar-refractivity contribution in [3.05, 3.63) is 29.6 Å². The van der Waals surface area contributed by atoms with Crippen molar-refractivity contribution in [2.24, 2.45) is 10.2 Å². The lowest BCUT2D eigenvalue weighted by atomic mass is 10.1. The smallest absolute Gasteiger partial charge is 0.189 e. The Balaban J connectivity index is 1.59. The van der Waals surface area contributed by atoms with Gasteiger partial charge in [-0.05, 0) is 88.9 Å². The van der Waals surface area contributed by atoms with Crippen molar-refractivity contribution in [3.63, 3.8) is 0 Å². The van der Waals surface area contributed by atoms with E-state index >= 15 is 0 Å². The Morgan fingerprint density at radius 1 is 0.767 bits per heavy atom. The van der Waals surface area contributed by atoms with Crippen LogP contribution in [0.5, 0.6) is 0 Å². The molecule has 0 radical (unpaired) electrons. The molecule has 1 aromatic heterocycles. The fourth-order valence-corrected chi connectivity index (χ4v) is 4.01. The molecule has 2 N–H and O–H groups in total. The van der Waals surface area contributed by atoms with Gasteiger partial charge in [-0.3, -0.25) is 10.9 Å². The molecule has 30 heavy (non-hydrogen) atoms. The molecule has 2 aliphatic heterocycles. The van der Waals surface area contributed by atoms with Crippen LogP contribution in [0.25, 0.3) is 0 Å². The number of piperidine rings is 2. The van der Waals surface area contributed by atoms with Crippen LogP contribution in [0, 0.1) is 0 Å². The molecule has 0 saturated carbocycles. The Kier molecular flexibility index (Phi) is 8.50. The topological polar surface area (TPSA) is 68.2 Å². The molecule has 0 amide bonds. The zero-order chi connectivity index (χ0) is 21.3. The van der Waals surface area contributed by atoms with Crippen molar-refractivity contribution in [3.8, 4) is 0 Å². The fraction of sp³-hybridized carbons (Fsp3) is 0.571. The van der Waals surface area contributed by atoms with E-state index < -0.39 is 0 Å². The number of likely N-dealkylation sites (tertiary alicyclic amines) is 2. The van der Waals surface area contributed by atoms with E-state index in [9.17, 15) is 0 Å². The maximum atomic E-state index is 5.47. The largest absolute Gasteiger partial charge is 0.348 e. The molecule has 2 fully saturated rings. The van der Waals surface area contributed by atoms with Crippen molar-refractivity contribution in [2.45, 2.75) is 52.4 Å². The lowest BCUT2D eigenvalue weighted by molar-refractivity contribution is 0.338. The van der Waals surface area contributed by atoms with Crippen LogP contribution < -0.4 is 10.9 Å². The van der Waals surface area contributed by atoms with E-state index in [0.717, 1.165) is 49.0 Å². The van der Waals surface area contributed by atoms with Gasteiger partial charge in [-0.15, -0.1) is 0 Å². The zero-order valence-electron chi connectivity index (χ0n) is 17.9.